The van der Waals surface area contributed by atoms with Crippen LogP contribution in [-0.2, 0) is 25.7 Å². The Morgan fingerprint density at radius 1 is 0.648 bits per heavy atom. The van der Waals surface area contributed by atoms with Crippen LogP contribution in [-0.4, -0.2) is 74.1 Å². The minimum atomic E-state index is -1.33. The summed E-state index contributed by atoms with van der Waals surface area (Å²) in [6, 6.07) is 32.2. The number of nitriles is 1. The molecule has 71 heavy (non-hydrogen) atoms. The number of hydrogen-bond donors (Lipinski definition) is 3. The van der Waals surface area contributed by atoms with E-state index < -0.39 is 42.8 Å². The van der Waals surface area contributed by atoms with Crippen molar-refractivity contribution >= 4 is 109 Å². The highest BCUT2D eigenvalue weighted by atomic mass is 32.1. The van der Waals surface area contributed by atoms with Gasteiger partial charge in [0.1, 0.15) is 24.7 Å². The molecule has 5 aromatic heterocycles. The highest BCUT2D eigenvalue weighted by molar-refractivity contribution is 7.29. The Kier molecular flexibility index (Phi) is 15.2. The minimum absolute atomic E-state index is 0.0276. The van der Waals surface area contributed by atoms with E-state index in [0.29, 0.717) is 24.9 Å². The number of aliphatic carboxylic acids is 2. The molecule has 8 aromatic rings. The van der Waals surface area contributed by atoms with Crippen LogP contribution in [0.4, 0.5) is 5.69 Å². The summed E-state index contributed by atoms with van der Waals surface area (Å²) in [5.74, 6) is -4.98. The van der Waals surface area contributed by atoms with Gasteiger partial charge in [-0.2, -0.15) is 5.26 Å². The maximum Gasteiger partial charge on any atom is 0.335 e. The molecule has 2 amide bonds. The van der Waals surface area contributed by atoms with Crippen molar-refractivity contribution in [3.63, 3.8) is 0 Å². The SMILES string of the molecule is CCn1c2ccccc2c2cc(-c3cc(C)c(-c4cc(C)c(-c5cc(C)c(-c6cc(C)c(/C=C(\C#N)C(=O)N(CCCCCC(=O)N(CC(=O)O)CC(=O)O)c7ccc(C(=O)O)cc7)s6)s5)s4)s3)ccc21. The number of carboxylic acids is 3. The second kappa shape index (κ2) is 21.5. The Labute approximate surface area is 426 Å². The molecular weight excluding hydrogens is 973 g/mol. The zero-order valence-corrected chi connectivity index (χ0v) is 43.0. The van der Waals surface area contributed by atoms with Gasteiger partial charge in [0.25, 0.3) is 5.91 Å². The number of aromatic nitrogens is 1. The molecule has 5 heterocycles. The lowest BCUT2D eigenvalue weighted by Crippen LogP contribution is -2.39. The molecule has 8 rings (SSSR count). The third-order valence-electron chi connectivity index (χ3n) is 12.3. The lowest BCUT2D eigenvalue weighted by atomic mass is 10.1. The lowest BCUT2D eigenvalue weighted by molar-refractivity contribution is -0.149. The van der Waals surface area contributed by atoms with Crippen molar-refractivity contribution in [2.45, 2.75) is 66.8 Å². The van der Waals surface area contributed by atoms with Crippen LogP contribution in [0.25, 0.3) is 67.6 Å². The number of para-hydroxylation sites is 1. The van der Waals surface area contributed by atoms with Crippen LogP contribution in [0.2, 0.25) is 0 Å². The van der Waals surface area contributed by atoms with Crippen molar-refractivity contribution in [1.82, 2.24) is 9.47 Å². The zero-order valence-electron chi connectivity index (χ0n) is 39.7. The fraction of sp³-hybridized carbons (Fsp3) is 0.236. The molecule has 0 fully saturated rings. The fourth-order valence-electron chi connectivity index (χ4n) is 8.84. The van der Waals surface area contributed by atoms with E-state index in [1.54, 1.807) is 28.7 Å². The maximum absolute atomic E-state index is 14.3. The number of carbonyl (C=O) groups excluding carboxylic acids is 2. The first-order chi connectivity index (χ1) is 34.0. The standard InChI is InChI=1S/C55H50N4O8S4/c1-6-58-41-13-10-9-12-39(41)40-26-36(17-20-42(40)58)44-23-32(3)52(69-44)46-25-34(5)53(71-46)47-24-33(4)51(70-47)45-22-31(2)43(68-45)27-37(28-56)54(65)59(38-18-15-35(16-19-38)55(66)67)21-11-7-8-14-48(60)57(29-49(61)62)30-50(63)64/h9-10,12-13,15-20,22-27H,6-8,11,14,21,29-30H2,1-5H3,(H,61,62)(H,63,64)(H,66,67)/b37-27+. The molecule has 0 saturated carbocycles. The van der Waals surface area contributed by atoms with Gasteiger partial charge in [-0.05, 0) is 148 Å². The van der Waals surface area contributed by atoms with Gasteiger partial charge in [-0.25, -0.2) is 4.79 Å². The molecule has 0 bridgehead atoms. The number of benzene rings is 3. The number of anilines is 1. The summed E-state index contributed by atoms with van der Waals surface area (Å²) in [5, 5.41) is 40.7. The molecule has 0 aliphatic heterocycles. The Morgan fingerprint density at radius 2 is 1.21 bits per heavy atom. The molecule has 0 spiro atoms. The number of aryl methyl sites for hydroxylation is 5. The summed E-state index contributed by atoms with van der Waals surface area (Å²) in [5.41, 5.74) is 8.48. The highest BCUT2D eigenvalue weighted by Crippen LogP contribution is 2.49. The number of rotatable bonds is 19. The third kappa shape index (κ3) is 10.8. The highest BCUT2D eigenvalue weighted by Gasteiger charge is 2.24. The summed E-state index contributed by atoms with van der Waals surface area (Å²) in [4.78, 5) is 72.1. The zero-order chi connectivity index (χ0) is 50.7. The van der Waals surface area contributed by atoms with Gasteiger partial charge in [0.05, 0.1) is 5.56 Å². The first-order valence-corrected chi connectivity index (χ1v) is 26.2. The minimum Gasteiger partial charge on any atom is -0.480 e. The van der Waals surface area contributed by atoms with Gasteiger partial charge in [0.2, 0.25) is 5.91 Å². The van der Waals surface area contributed by atoms with Gasteiger partial charge < -0.3 is 29.7 Å². The van der Waals surface area contributed by atoms with Crippen LogP contribution in [0.3, 0.4) is 0 Å². The predicted octanol–water partition coefficient (Wildman–Crippen LogP) is 13.2. The largest absolute Gasteiger partial charge is 0.480 e. The lowest BCUT2D eigenvalue weighted by Gasteiger charge is -2.23. The molecule has 3 N–H and O–H groups in total. The van der Waals surface area contributed by atoms with E-state index in [4.69, 9.17) is 10.2 Å². The van der Waals surface area contributed by atoms with Crippen molar-refractivity contribution in [1.29, 1.82) is 5.26 Å². The molecular formula is C55H50N4O8S4. The van der Waals surface area contributed by atoms with Crippen LogP contribution in [0.15, 0.2) is 96.6 Å². The Morgan fingerprint density at radius 3 is 1.80 bits per heavy atom. The van der Waals surface area contributed by atoms with Gasteiger partial charge in [-0.3, -0.25) is 19.2 Å². The predicted molar refractivity (Wildman–Crippen MR) is 287 cm³/mol. The summed E-state index contributed by atoms with van der Waals surface area (Å²) in [6.45, 7) is 10.1. The Balaban J connectivity index is 1.00. The first-order valence-electron chi connectivity index (χ1n) is 23.0. The first kappa shape index (κ1) is 50.2. The third-order valence-corrected chi connectivity index (χ3v) is 17.8. The Bertz CT molecular complexity index is 3440. The molecule has 0 saturated heterocycles. The molecule has 0 unspecified atom stereocenters. The van der Waals surface area contributed by atoms with Crippen LogP contribution in [0.5, 0.6) is 0 Å². The topological polar surface area (TPSA) is 181 Å². The molecule has 3 aromatic carbocycles. The number of thiophene rings is 4. The smallest absolute Gasteiger partial charge is 0.335 e. The van der Waals surface area contributed by atoms with Gasteiger partial charge in [-0.15, -0.1) is 45.3 Å². The molecule has 12 nitrogen and oxygen atoms in total. The van der Waals surface area contributed by atoms with E-state index in [1.807, 2.05) is 18.3 Å². The van der Waals surface area contributed by atoms with Crippen LogP contribution in [0, 0.1) is 39.0 Å². The summed E-state index contributed by atoms with van der Waals surface area (Å²) in [6.07, 6.45) is 2.60. The van der Waals surface area contributed by atoms with Gasteiger partial charge in [0.15, 0.2) is 0 Å². The number of amides is 2. The number of carbonyl (C=O) groups is 5. The quantitative estimate of drug-likeness (QED) is 0.0403. The number of nitrogens with zero attached hydrogens (tertiary/aromatic N) is 4. The monoisotopic (exact) mass is 1020 g/mol. The van der Waals surface area contributed by atoms with Gasteiger partial charge in [0, 0.05) is 86.0 Å². The summed E-state index contributed by atoms with van der Waals surface area (Å²) < 4.78 is 2.38. The van der Waals surface area contributed by atoms with E-state index in [0.717, 1.165) is 37.2 Å². The average molecular weight is 1020 g/mol. The summed E-state index contributed by atoms with van der Waals surface area (Å²) in [7, 11) is 0. The van der Waals surface area contributed by atoms with Crippen molar-refractivity contribution in [3.05, 3.63) is 129 Å². The number of fused-ring (bicyclic) bond motifs is 3. The van der Waals surface area contributed by atoms with E-state index in [-0.39, 0.29) is 24.1 Å². The van der Waals surface area contributed by atoms with Crippen molar-refractivity contribution < 1.29 is 39.3 Å². The second-order valence-corrected chi connectivity index (χ2v) is 21.6. The van der Waals surface area contributed by atoms with Crippen molar-refractivity contribution in [2.75, 3.05) is 24.5 Å². The van der Waals surface area contributed by atoms with E-state index >= 15 is 0 Å². The van der Waals surface area contributed by atoms with E-state index in [2.05, 4.69) is 105 Å². The Hall–Kier alpha value is -7.16. The normalized spacial score (nSPS) is 11.6. The molecule has 0 radical (unpaired) electrons. The maximum atomic E-state index is 14.3. The van der Waals surface area contributed by atoms with Gasteiger partial charge in [-0.1, -0.05) is 30.7 Å². The number of carboxylic acid groups (broad SMARTS) is 3. The average Bonchev–Trinajstić information content (AvgIpc) is 4.17. The number of aromatic carboxylic acids is 1. The number of unbranched alkanes of at least 4 members (excludes halogenated alkanes) is 2. The van der Waals surface area contributed by atoms with Crippen molar-refractivity contribution in [2.24, 2.45) is 0 Å². The number of hydrogen-bond acceptors (Lipinski definition) is 10. The fourth-order valence-corrected chi connectivity index (χ4v) is 14.0. The second-order valence-electron chi connectivity index (χ2n) is 17.3. The van der Waals surface area contributed by atoms with Crippen LogP contribution in [0.1, 0.15) is 70.1 Å². The molecule has 362 valence electrons. The molecule has 16 heteroatoms. The summed E-state index contributed by atoms with van der Waals surface area (Å²) >= 11 is 6.86. The van der Waals surface area contributed by atoms with Crippen molar-refractivity contribution in [3.8, 4) is 45.8 Å². The van der Waals surface area contributed by atoms with Crippen LogP contribution < -0.4 is 4.90 Å². The van der Waals surface area contributed by atoms with E-state index in [9.17, 15) is 34.3 Å². The molecule has 0 aliphatic rings. The molecule has 0 aliphatic carbocycles. The van der Waals surface area contributed by atoms with Crippen LogP contribution >= 0.6 is 45.3 Å². The van der Waals surface area contributed by atoms with E-state index in [1.165, 1.54) is 103 Å². The van der Waals surface area contributed by atoms with Gasteiger partial charge >= 0.3 is 17.9 Å². The molecule has 0 atom stereocenters.